The average molecular weight is 520 g/mol. The van der Waals surface area contributed by atoms with Crippen molar-refractivity contribution in [3.8, 4) is 19.0 Å². The van der Waals surface area contributed by atoms with E-state index in [1.54, 1.807) is 0 Å². The quantitative estimate of drug-likeness (QED) is 0.353. The standard InChI is InChI=1S/C10H16Si2.6CH3.2Sn/c1-7-11(3,4)9-10-12(5,6)8-2;;;;;;;;/h9-10H2,3-6H3;6*1H3;;. The van der Waals surface area contributed by atoms with Gasteiger partial charge in [0.05, 0.1) is 0 Å². The molecule has 0 rings (SSSR count). The first-order chi connectivity index (χ1) is 8.62. The first-order valence-electron chi connectivity index (χ1n) is 7.71. The molecule has 0 bridgehead atoms. The van der Waals surface area contributed by atoms with Crippen LogP contribution in [0.4, 0.5) is 0 Å². The molecule has 0 aromatic rings. The van der Waals surface area contributed by atoms with Gasteiger partial charge in [-0.15, -0.1) is 0 Å². The summed E-state index contributed by atoms with van der Waals surface area (Å²) < 4.78 is 7.33. The van der Waals surface area contributed by atoms with E-state index in [-0.39, 0.29) is 0 Å². The Morgan fingerprint density at radius 2 is 0.850 bits per heavy atom. The second kappa shape index (κ2) is 7.62. The molecule has 0 aromatic carbocycles. The third kappa shape index (κ3) is 12.9. The van der Waals surface area contributed by atoms with Gasteiger partial charge in [0.25, 0.3) is 0 Å². The molecule has 0 unspecified atom stereocenters. The van der Waals surface area contributed by atoms with Crippen molar-refractivity contribution in [2.45, 2.75) is 67.9 Å². The third-order valence-electron chi connectivity index (χ3n) is 2.93. The van der Waals surface area contributed by atoms with Crippen LogP contribution in [0.2, 0.25) is 67.9 Å². The SMILES string of the molecule is C[Si](C)(C#[C][Sn]([CH3])([CH3])[CH3])CC[Si](C)(C)C#[C][Sn]([CH3])([CH3])[CH3]. The van der Waals surface area contributed by atoms with E-state index >= 15 is 0 Å². The summed E-state index contributed by atoms with van der Waals surface area (Å²) in [7, 11) is -2.64. The van der Waals surface area contributed by atoms with Crippen LogP contribution in [0, 0.1) is 19.0 Å². The summed E-state index contributed by atoms with van der Waals surface area (Å²) in [6.45, 7) is 9.77. The zero-order valence-electron chi connectivity index (χ0n) is 15.4. The molecule has 0 heterocycles. The molecule has 4 heteroatoms. The fourth-order valence-corrected chi connectivity index (χ4v) is 20.4. The van der Waals surface area contributed by atoms with E-state index in [4.69, 9.17) is 0 Å². The topological polar surface area (TPSA) is 0 Å². The van der Waals surface area contributed by atoms with Gasteiger partial charge in [0.2, 0.25) is 0 Å². The van der Waals surface area contributed by atoms with Gasteiger partial charge >= 0.3 is 140 Å². The number of rotatable bonds is 3. The monoisotopic (exact) mass is 522 g/mol. The van der Waals surface area contributed by atoms with Crippen LogP contribution in [0.15, 0.2) is 0 Å². The molecule has 0 aromatic heterocycles. The minimum absolute atomic E-state index is 1.32. The van der Waals surface area contributed by atoms with E-state index in [1.165, 1.54) is 12.1 Å². The molecule has 0 spiro atoms. The summed E-state index contributed by atoms with van der Waals surface area (Å²) in [6, 6.07) is 2.69. The zero-order chi connectivity index (χ0) is 16.2. The first kappa shape index (κ1) is 21.2. The van der Waals surface area contributed by atoms with Crippen molar-refractivity contribution in [2.24, 2.45) is 0 Å². The Morgan fingerprint density at radius 3 is 1.05 bits per heavy atom. The fourth-order valence-electron chi connectivity index (χ4n) is 1.46. The van der Waals surface area contributed by atoms with Gasteiger partial charge in [0.1, 0.15) is 0 Å². The molecule has 20 heavy (non-hydrogen) atoms. The second-order valence-electron chi connectivity index (χ2n) is 9.27. The van der Waals surface area contributed by atoms with E-state index in [0.717, 1.165) is 0 Å². The van der Waals surface area contributed by atoms with Crippen LogP contribution in [-0.2, 0) is 0 Å². The molecule has 0 amide bonds. The Labute approximate surface area is 138 Å². The van der Waals surface area contributed by atoms with Gasteiger partial charge < -0.3 is 0 Å². The van der Waals surface area contributed by atoms with Crippen LogP contribution in [0.3, 0.4) is 0 Å². The maximum absolute atomic E-state index is 3.71. The van der Waals surface area contributed by atoms with Crippen molar-refractivity contribution in [3.05, 3.63) is 0 Å². The molecule has 0 aliphatic carbocycles. The van der Waals surface area contributed by atoms with Crippen LogP contribution < -0.4 is 0 Å². The Kier molecular flexibility index (Phi) is 8.05. The van der Waals surface area contributed by atoms with Gasteiger partial charge in [0.15, 0.2) is 0 Å². The van der Waals surface area contributed by atoms with Crippen molar-refractivity contribution >= 4 is 52.9 Å². The molecule has 0 aliphatic heterocycles. The van der Waals surface area contributed by atoms with Gasteiger partial charge in [0, 0.05) is 0 Å². The Bertz CT molecular complexity index is 399. The summed E-state index contributed by atoms with van der Waals surface area (Å²) in [5, 5.41) is 0. The maximum atomic E-state index is 3.71. The summed E-state index contributed by atoms with van der Waals surface area (Å²) in [5.41, 5.74) is 7.43. The second-order valence-corrected chi connectivity index (χ2v) is 45.4. The van der Waals surface area contributed by atoms with Crippen molar-refractivity contribution in [1.82, 2.24) is 0 Å². The molecular weight excluding hydrogens is 486 g/mol. The van der Waals surface area contributed by atoms with Crippen LogP contribution in [-0.4, -0.2) is 52.9 Å². The van der Waals surface area contributed by atoms with Gasteiger partial charge in [-0.25, -0.2) is 0 Å². The van der Waals surface area contributed by atoms with Crippen molar-refractivity contribution in [2.75, 3.05) is 0 Å². The van der Waals surface area contributed by atoms with E-state index < -0.39 is 52.9 Å². The van der Waals surface area contributed by atoms with Crippen LogP contribution in [0.25, 0.3) is 0 Å². The fraction of sp³-hybridized carbons (Fsp3) is 0.750. The average Bonchev–Trinajstić information content (AvgIpc) is 2.20. The third-order valence-corrected chi connectivity index (χ3v) is 14.5. The van der Waals surface area contributed by atoms with Gasteiger partial charge in [-0.05, 0) is 0 Å². The van der Waals surface area contributed by atoms with Crippen LogP contribution >= 0.6 is 0 Å². The van der Waals surface area contributed by atoms with E-state index in [1.807, 2.05) is 0 Å². The Morgan fingerprint density at radius 1 is 0.600 bits per heavy atom. The molecule has 0 atom stereocenters. The van der Waals surface area contributed by atoms with Crippen molar-refractivity contribution < 1.29 is 0 Å². The van der Waals surface area contributed by atoms with E-state index in [9.17, 15) is 0 Å². The zero-order valence-corrected chi connectivity index (χ0v) is 23.1. The Balaban J connectivity index is 4.73. The number of hydrogen-bond acceptors (Lipinski definition) is 0. The molecule has 0 nitrogen and oxygen atoms in total. The van der Waals surface area contributed by atoms with E-state index in [0.29, 0.717) is 0 Å². The summed E-state index contributed by atoms with van der Waals surface area (Å²) in [4.78, 5) is 14.5. The molecule has 0 aliphatic rings. The summed E-state index contributed by atoms with van der Waals surface area (Å²) in [6.07, 6.45) is 0. The van der Waals surface area contributed by atoms with E-state index in [2.05, 4.69) is 74.8 Å². The van der Waals surface area contributed by atoms with Gasteiger partial charge in [-0.3, -0.25) is 0 Å². The van der Waals surface area contributed by atoms with Crippen molar-refractivity contribution in [3.63, 3.8) is 0 Å². The van der Waals surface area contributed by atoms with Crippen LogP contribution in [0.1, 0.15) is 0 Å². The molecule has 0 fully saturated rings. The Hall–Kier alpha value is 1.15. The summed E-state index contributed by atoms with van der Waals surface area (Å²) >= 11 is -3.82. The minimum atomic E-state index is -1.91. The molecule has 0 N–H and O–H groups in total. The predicted octanol–water partition coefficient (Wildman–Crippen LogP) is 5.24. The van der Waals surface area contributed by atoms with Crippen molar-refractivity contribution in [1.29, 1.82) is 0 Å². The first-order valence-corrected chi connectivity index (χ1v) is 34.1. The van der Waals surface area contributed by atoms with Gasteiger partial charge in [-0.2, -0.15) is 0 Å². The van der Waals surface area contributed by atoms with Crippen LogP contribution in [0.5, 0.6) is 0 Å². The predicted molar refractivity (Wildman–Crippen MR) is 107 cm³/mol. The molecule has 0 saturated heterocycles. The summed E-state index contributed by atoms with van der Waals surface area (Å²) in [5.74, 6) is 0. The van der Waals surface area contributed by atoms with Gasteiger partial charge in [-0.1, -0.05) is 0 Å². The normalized spacial score (nSPS) is 13.1. The molecule has 0 saturated carbocycles. The number of hydrogen-bond donors (Lipinski definition) is 0. The molecule has 114 valence electrons. The molecule has 0 radical (unpaired) electrons. The molecular formula is C16H34Si2Sn2.